The van der Waals surface area contributed by atoms with Crippen molar-refractivity contribution in [3.8, 4) is 0 Å². The van der Waals surface area contributed by atoms with Gasteiger partial charge in [-0.3, -0.25) is 14.3 Å². The predicted molar refractivity (Wildman–Crippen MR) is 142 cm³/mol. The summed E-state index contributed by atoms with van der Waals surface area (Å²) in [4.78, 5) is 33.4. The van der Waals surface area contributed by atoms with Crippen LogP contribution in [0.1, 0.15) is 32.2 Å². The van der Waals surface area contributed by atoms with Crippen LogP contribution < -0.4 is 21.9 Å². The average molecular weight is 497 g/mol. The van der Waals surface area contributed by atoms with Crippen LogP contribution in [0.4, 0.5) is 11.5 Å². The van der Waals surface area contributed by atoms with Gasteiger partial charge in [-0.05, 0) is 33.3 Å². The molecule has 2 aromatic rings. The third-order valence-corrected chi connectivity index (χ3v) is 6.20. The number of anilines is 2. The van der Waals surface area contributed by atoms with Crippen LogP contribution in [0.25, 0.3) is 0 Å². The first-order chi connectivity index (χ1) is 17.2. The third kappa shape index (κ3) is 5.61. The molecule has 0 amide bonds. The highest BCUT2D eigenvalue weighted by Crippen LogP contribution is 2.22. The number of hydrogen-bond donors (Lipinski definition) is 3. The second-order valence-corrected chi connectivity index (χ2v) is 8.62. The van der Waals surface area contributed by atoms with Crippen LogP contribution in [0.15, 0.2) is 57.0 Å². The maximum atomic E-state index is 13.5. The minimum atomic E-state index is -0.696. The molecule has 0 radical (unpaired) electrons. The van der Waals surface area contributed by atoms with Crippen LogP contribution >= 0.6 is 0 Å². The number of carbonyl (C=O) groups excluding carboxylic acids is 1. The standard InChI is InChI=1S/C25H36N8O3/c1-7-10-11-20(18-13-27-25(28-14-18)32(8-2)9-3)22(34)17(5)29-21-23(26)31(6)33(24(21)35)15-19-12-16(4)36-30-19/h7,10-13,17,20,29H,1,8-9,14-15,26H2,2-6H3,(H,27,28)/b11-10-/t17-,20?/m0/s1. The summed E-state index contributed by atoms with van der Waals surface area (Å²) in [6.45, 7) is 13.6. The van der Waals surface area contributed by atoms with Gasteiger partial charge < -0.3 is 25.8 Å². The molecule has 0 aromatic carbocycles. The number of guanidine groups is 1. The summed E-state index contributed by atoms with van der Waals surface area (Å²) in [6.07, 6.45) is 6.99. The van der Waals surface area contributed by atoms with E-state index in [1.165, 1.54) is 9.36 Å². The Morgan fingerprint density at radius 1 is 1.42 bits per heavy atom. The number of aromatic nitrogens is 3. The molecule has 1 unspecified atom stereocenters. The van der Waals surface area contributed by atoms with Crippen molar-refractivity contribution >= 4 is 23.2 Å². The molecule has 11 nitrogen and oxygen atoms in total. The largest absolute Gasteiger partial charge is 0.382 e. The lowest BCUT2D eigenvalue weighted by molar-refractivity contribution is -0.121. The van der Waals surface area contributed by atoms with Crippen LogP contribution in [0.2, 0.25) is 0 Å². The smallest absolute Gasteiger partial charge is 0.292 e. The molecule has 1 aliphatic rings. The van der Waals surface area contributed by atoms with Crippen molar-refractivity contribution < 1.29 is 9.32 Å². The van der Waals surface area contributed by atoms with Crippen LogP contribution in [-0.2, 0) is 18.4 Å². The van der Waals surface area contributed by atoms with E-state index >= 15 is 0 Å². The number of nitrogen functional groups attached to an aromatic ring is 1. The van der Waals surface area contributed by atoms with Gasteiger partial charge in [0.25, 0.3) is 5.56 Å². The van der Waals surface area contributed by atoms with Crippen LogP contribution in [0, 0.1) is 12.8 Å². The number of carbonyl (C=O) groups is 1. The van der Waals surface area contributed by atoms with Gasteiger partial charge in [-0.2, -0.15) is 0 Å². The molecule has 0 bridgehead atoms. The maximum absolute atomic E-state index is 13.5. The van der Waals surface area contributed by atoms with Crippen LogP contribution in [0.3, 0.4) is 0 Å². The highest BCUT2D eigenvalue weighted by Gasteiger charge is 2.29. The quantitative estimate of drug-likeness (QED) is 0.402. The number of hydrogen-bond acceptors (Lipinski definition) is 9. The molecule has 0 aliphatic carbocycles. The topological polar surface area (TPSA) is 136 Å². The fourth-order valence-electron chi connectivity index (χ4n) is 4.09. The van der Waals surface area contributed by atoms with E-state index in [2.05, 4.69) is 46.1 Å². The third-order valence-electron chi connectivity index (χ3n) is 6.20. The first-order valence-corrected chi connectivity index (χ1v) is 12.0. The Kier molecular flexibility index (Phi) is 8.57. The van der Waals surface area contributed by atoms with E-state index in [1.54, 1.807) is 45.2 Å². The number of allylic oxidation sites excluding steroid dienone is 3. The Bertz CT molecular complexity index is 1240. The van der Waals surface area contributed by atoms with Crippen LogP contribution in [-0.4, -0.2) is 56.8 Å². The molecule has 4 N–H and O–H groups in total. The summed E-state index contributed by atoms with van der Waals surface area (Å²) in [6, 6.07) is 1.06. The Morgan fingerprint density at radius 3 is 2.69 bits per heavy atom. The number of nitrogens with zero attached hydrogens (tertiary/aromatic N) is 5. The summed E-state index contributed by atoms with van der Waals surface area (Å²) >= 11 is 0. The highest BCUT2D eigenvalue weighted by atomic mass is 16.5. The molecule has 194 valence electrons. The average Bonchev–Trinajstić information content (AvgIpc) is 3.37. The minimum absolute atomic E-state index is 0.121. The van der Waals surface area contributed by atoms with Crippen LogP contribution in [0.5, 0.6) is 0 Å². The highest BCUT2D eigenvalue weighted by molar-refractivity contribution is 5.93. The Labute approximate surface area is 211 Å². The predicted octanol–water partition coefficient (Wildman–Crippen LogP) is 2.03. The van der Waals surface area contributed by atoms with Crippen molar-refractivity contribution in [1.29, 1.82) is 0 Å². The maximum Gasteiger partial charge on any atom is 0.292 e. The number of aryl methyl sites for hydroxylation is 1. The van der Waals surface area contributed by atoms with Crippen molar-refractivity contribution in [2.45, 2.75) is 40.3 Å². The zero-order chi connectivity index (χ0) is 26.4. The van der Waals surface area contributed by atoms with E-state index in [-0.39, 0.29) is 29.4 Å². The van der Waals surface area contributed by atoms with E-state index in [0.29, 0.717) is 18.0 Å². The molecular weight excluding hydrogens is 460 g/mol. The lowest BCUT2D eigenvalue weighted by atomic mass is 9.90. The van der Waals surface area contributed by atoms with Crippen molar-refractivity contribution in [2.24, 2.45) is 18.0 Å². The Balaban J connectivity index is 1.80. The van der Waals surface area contributed by atoms with Crippen molar-refractivity contribution in [1.82, 2.24) is 24.7 Å². The molecule has 11 heteroatoms. The summed E-state index contributed by atoms with van der Waals surface area (Å²) in [5.41, 5.74) is 7.48. The molecule has 36 heavy (non-hydrogen) atoms. The fourth-order valence-corrected chi connectivity index (χ4v) is 4.09. The molecular formula is C25H36N8O3. The van der Waals surface area contributed by atoms with E-state index in [1.807, 2.05) is 6.20 Å². The van der Waals surface area contributed by atoms with Crippen molar-refractivity contribution in [3.05, 3.63) is 64.5 Å². The van der Waals surface area contributed by atoms with E-state index < -0.39 is 12.0 Å². The van der Waals surface area contributed by atoms with Gasteiger partial charge in [0.2, 0.25) is 0 Å². The number of aliphatic imine (C=N–C) groups is 1. The van der Waals surface area contributed by atoms with E-state index in [4.69, 9.17) is 10.3 Å². The molecule has 3 rings (SSSR count). The molecule has 0 fully saturated rings. The van der Waals surface area contributed by atoms with Gasteiger partial charge in [0.05, 0.1) is 25.0 Å². The Hall–Kier alpha value is -4.02. The number of nitrogens with one attached hydrogen (secondary N) is 2. The molecule has 2 atom stereocenters. The number of rotatable bonds is 11. The van der Waals surface area contributed by atoms with Gasteiger partial charge in [0, 0.05) is 32.4 Å². The van der Waals surface area contributed by atoms with Gasteiger partial charge >= 0.3 is 0 Å². The summed E-state index contributed by atoms with van der Waals surface area (Å²) in [5.74, 6) is 0.990. The molecule has 0 spiro atoms. The van der Waals surface area contributed by atoms with Gasteiger partial charge in [-0.15, -0.1) is 0 Å². The summed E-state index contributed by atoms with van der Waals surface area (Å²) in [5, 5.41) is 10.2. The van der Waals surface area contributed by atoms with Gasteiger partial charge in [-0.1, -0.05) is 30.0 Å². The summed E-state index contributed by atoms with van der Waals surface area (Å²) in [7, 11) is 1.68. The SMILES string of the molecule is C=C/C=C\C(C(=O)[C@H](C)Nc1c(N)n(C)n(Cc2cc(C)on2)c1=O)C1=CNC(N(CC)CC)=NC1. The molecule has 0 saturated heterocycles. The van der Waals surface area contributed by atoms with Crippen molar-refractivity contribution in [3.63, 3.8) is 0 Å². The first-order valence-electron chi connectivity index (χ1n) is 12.0. The second kappa shape index (κ2) is 11.6. The lowest BCUT2D eigenvalue weighted by Crippen LogP contribution is -2.42. The summed E-state index contributed by atoms with van der Waals surface area (Å²) < 4.78 is 8.08. The second-order valence-electron chi connectivity index (χ2n) is 8.62. The van der Waals surface area contributed by atoms with E-state index in [0.717, 1.165) is 24.6 Å². The molecule has 2 aromatic heterocycles. The van der Waals surface area contributed by atoms with Gasteiger partial charge in [0.1, 0.15) is 23.0 Å². The number of ketones is 1. The van der Waals surface area contributed by atoms with E-state index in [9.17, 15) is 9.59 Å². The van der Waals surface area contributed by atoms with Gasteiger partial charge in [-0.25, -0.2) is 9.67 Å². The zero-order valence-electron chi connectivity index (χ0n) is 21.6. The zero-order valence-corrected chi connectivity index (χ0v) is 21.6. The molecule has 0 saturated carbocycles. The normalized spacial score (nSPS) is 15.1. The molecule has 1 aliphatic heterocycles. The van der Waals surface area contributed by atoms with Crippen molar-refractivity contribution in [2.75, 3.05) is 30.7 Å². The minimum Gasteiger partial charge on any atom is -0.382 e. The first kappa shape index (κ1) is 26.6. The van der Waals surface area contributed by atoms with Gasteiger partial charge in [0.15, 0.2) is 11.7 Å². The number of nitrogens with two attached hydrogens (primary N) is 1. The number of Topliss-reactive ketones (excluding diaryl/α,β-unsaturated/α-hetero) is 1. The molecule has 3 heterocycles. The fraction of sp³-hybridized carbons (Fsp3) is 0.440. The monoisotopic (exact) mass is 496 g/mol. The lowest BCUT2D eigenvalue weighted by Gasteiger charge is -2.27. The Morgan fingerprint density at radius 2 is 2.14 bits per heavy atom.